The van der Waals surface area contributed by atoms with E-state index >= 15 is 0 Å². The molecule has 0 saturated carbocycles. The standard InChI is InChI=1S/C9H10N4O2/c1-5-8(6(2)15-13-5)9(14)11-7-3-4-10-12-7/h3-4H,1-2H3,(H2,10,11,12,14). The molecule has 0 spiro atoms. The highest BCUT2D eigenvalue weighted by atomic mass is 16.5. The van der Waals surface area contributed by atoms with Gasteiger partial charge in [0.1, 0.15) is 17.1 Å². The highest BCUT2D eigenvalue weighted by Crippen LogP contribution is 2.13. The largest absolute Gasteiger partial charge is 0.361 e. The lowest BCUT2D eigenvalue weighted by atomic mass is 10.2. The molecule has 0 radical (unpaired) electrons. The highest BCUT2D eigenvalue weighted by Gasteiger charge is 2.17. The van der Waals surface area contributed by atoms with Gasteiger partial charge in [-0.1, -0.05) is 5.16 Å². The molecule has 15 heavy (non-hydrogen) atoms. The maximum absolute atomic E-state index is 11.8. The van der Waals surface area contributed by atoms with Crippen LogP contribution in [0.15, 0.2) is 16.8 Å². The van der Waals surface area contributed by atoms with Crippen LogP contribution in [0.5, 0.6) is 0 Å². The number of nitrogens with zero attached hydrogens (tertiary/aromatic N) is 2. The molecule has 0 aliphatic rings. The van der Waals surface area contributed by atoms with Crippen molar-refractivity contribution in [2.24, 2.45) is 0 Å². The van der Waals surface area contributed by atoms with E-state index in [9.17, 15) is 4.79 Å². The van der Waals surface area contributed by atoms with Crippen molar-refractivity contribution >= 4 is 11.7 Å². The van der Waals surface area contributed by atoms with Crippen LogP contribution in [0.1, 0.15) is 21.8 Å². The van der Waals surface area contributed by atoms with Crippen LogP contribution < -0.4 is 5.32 Å². The van der Waals surface area contributed by atoms with Crippen LogP contribution in [-0.4, -0.2) is 21.3 Å². The van der Waals surface area contributed by atoms with Gasteiger partial charge in [-0.3, -0.25) is 9.89 Å². The topological polar surface area (TPSA) is 83.8 Å². The molecular weight excluding hydrogens is 196 g/mol. The zero-order valence-electron chi connectivity index (χ0n) is 8.37. The maximum Gasteiger partial charge on any atom is 0.262 e. The number of carbonyl (C=O) groups excluding carboxylic acids is 1. The van der Waals surface area contributed by atoms with Crippen molar-refractivity contribution in [1.82, 2.24) is 15.4 Å². The van der Waals surface area contributed by atoms with Gasteiger partial charge in [-0.25, -0.2) is 0 Å². The van der Waals surface area contributed by atoms with Crippen LogP contribution in [-0.2, 0) is 0 Å². The average molecular weight is 206 g/mol. The summed E-state index contributed by atoms with van der Waals surface area (Å²) in [6, 6.07) is 1.66. The molecule has 2 rings (SSSR count). The summed E-state index contributed by atoms with van der Waals surface area (Å²) >= 11 is 0. The van der Waals surface area contributed by atoms with Gasteiger partial charge in [0.05, 0.1) is 11.9 Å². The summed E-state index contributed by atoms with van der Waals surface area (Å²) in [5, 5.41) is 12.7. The fourth-order valence-corrected chi connectivity index (χ4v) is 1.32. The Morgan fingerprint density at radius 3 is 2.87 bits per heavy atom. The van der Waals surface area contributed by atoms with E-state index in [4.69, 9.17) is 4.52 Å². The van der Waals surface area contributed by atoms with E-state index in [1.807, 2.05) is 0 Å². The molecule has 0 unspecified atom stereocenters. The van der Waals surface area contributed by atoms with Crippen molar-refractivity contribution in [2.75, 3.05) is 5.32 Å². The number of carbonyl (C=O) groups is 1. The lowest BCUT2D eigenvalue weighted by Gasteiger charge is -2.00. The molecular formula is C9H10N4O2. The highest BCUT2D eigenvalue weighted by molar-refractivity contribution is 6.05. The Hall–Kier alpha value is -2.11. The molecule has 0 aromatic carbocycles. The number of aromatic nitrogens is 3. The van der Waals surface area contributed by atoms with Crippen LogP contribution in [0.3, 0.4) is 0 Å². The Bertz CT molecular complexity index is 453. The summed E-state index contributed by atoms with van der Waals surface area (Å²) in [6.07, 6.45) is 1.56. The first-order chi connectivity index (χ1) is 7.18. The third kappa shape index (κ3) is 1.74. The molecule has 2 heterocycles. The Balaban J connectivity index is 2.22. The monoisotopic (exact) mass is 206 g/mol. The van der Waals surface area contributed by atoms with Crippen molar-refractivity contribution in [3.05, 3.63) is 29.3 Å². The fourth-order valence-electron chi connectivity index (χ4n) is 1.32. The number of aromatic amines is 1. The first-order valence-electron chi connectivity index (χ1n) is 4.42. The number of hydrogen-bond donors (Lipinski definition) is 2. The lowest BCUT2D eigenvalue weighted by molar-refractivity contribution is 0.102. The first kappa shape index (κ1) is 9.45. The summed E-state index contributed by atoms with van der Waals surface area (Å²) < 4.78 is 4.90. The molecule has 0 bridgehead atoms. The molecule has 6 heteroatoms. The minimum Gasteiger partial charge on any atom is -0.361 e. The van der Waals surface area contributed by atoms with Gasteiger partial charge in [0.15, 0.2) is 0 Å². The Kier molecular flexibility index (Phi) is 2.24. The second-order valence-electron chi connectivity index (χ2n) is 3.12. The van der Waals surface area contributed by atoms with Gasteiger partial charge in [0, 0.05) is 6.07 Å². The quantitative estimate of drug-likeness (QED) is 0.774. The number of H-pyrrole nitrogens is 1. The van der Waals surface area contributed by atoms with Gasteiger partial charge in [-0.05, 0) is 13.8 Å². The summed E-state index contributed by atoms with van der Waals surface area (Å²) in [5.74, 6) is 0.792. The van der Waals surface area contributed by atoms with Crippen molar-refractivity contribution in [2.45, 2.75) is 13.8 Å². The van der Waals surface area contributed by atoms with Crippen molar-refractivity contribution in [3.63, 3.8) is 0 Å². The molecule has 0 fully saturated rings. The van der Waals surface area contributed by atoms with E-state index in [2.05, 4.69) is 20.7 Å². The predicted molar refractivity (Wildman–Crippen MR) is 52.5 cm³/mol. The SMILES string of the molecule is Cc1noc(C)c1C(=O)Nc1ccn[nH]1. The van der Waals surface area contributed by atoms with E-state index in [1.54, 1.807) is 26.1 Å². The third-order valence-electron chi connectivity index (χ3n) is 2.01. The van der Waals surface area contributed by atoms with E-state index in [0.717, 1.165) is 0 Å². The number of anilines is 1. The molecule has 6 nitrogen and oxygen atoms in total. The fraction of sp³-hybridized carbons (Fsp3) is 0.222. The molecule has 0 atom stereocenters. The summed E-state index contributed by atoms with van der Waals surface area (Å²) in [4.78, 5) is 11.8. The number of rotatable bonds is 2. The second-order valence-corrected chi connectivity index (χ2v) is 3.12. The van der Waals surface area contributed by atoms with Gasteiger partial charge in [0.2, 0.25) is 0 Å². The van der Waals surface area contributed by atoms with Gasteiger partial charge < -0.3 is 9.84 Å². The molecule has 1 amide bonds. The maximum atomic E-state index is 11.8. The predicted octanol–water partition coefficient (Wildman–Crippen LogP) is 1.27. The third-order valence-corrected chi connectivity index (χ3v) is 2.01. The number of aryl methyl sites for hydroxylation is 2. The van der Waals surface area contributed by atoms with Gasteiger partial charge in [0.25, 0.3) is 5.91 Å². The normalized spacial score (nSPS) is 10.3. The molecule has 78 valence electrons. The number of nitrogens with one attached hydrogen (secondary N) is 2. The Labute approximate surface area is 85.7 Å². The second kappa shape index (κ2) is 3.56. The minimum atomic E-state index is -0.254. The number of hydrogen-bond acceptors (Lipinski definition) is 4. The molecule has 2 aromatic rings. The lowest BCUT2D eigenvalue weighted by Crippen LogP contribution is -2.13. The molecule has 0 aliphatic heterocycles. The summed E-state index contributed by atoms with van der Waals surface area (Å²) in [7, 11) is 0. The van der Waals surface area contributed by atoms with Crippen LogP contribution in [0.4, 0.5) is 5.82 Å². The minimum absolute atomic E-state index is 0.254. The zero-order valence-corrected chi connectivity index (χ0v) is 8.37. The van der Waals surface area contributed by atoms with Gasteiger partial charge in [-0.15, -0.1) is 0 Å². The van der Waals surface area contributed by atoms with E-state index in [0.29, 0.717) is 22.8 Å². The smallest absolute Gasteiger partial charge is 0.262 e. The van der Waals surface area contributed by atoms with Crippen molar-refractivity contribution < 1.29 is 9.32 Å². The zero-order chi connectivity index (χ0) is 10.8. The first-order valence-corrected chi connectivity index (χ1v) is 4.42. The van der Waals surface area contributed by atoms with E-state index < -0.39 is 0 Å². The van der Waals surface area contributed by atoms with Gasteiger partial charge >= 0.3 is 0 Å². The van der Waals surface area contributed by atoms with Crippen molar-refractivity contribution in [1.29, 1.82) is 0 Å². The molecule has 2 aromatic heterocycles. The number of amides is 1. The van der Waals surface area contributed by atoms with Crippen LogP contribution in [0.2, 0.25) is 0 Å². The summed E-state index contributed by atoms with van der Waals surface area (Å²) in [5.41, 5.74) is 1.04. The Morgan fingerprint density at radius 1 is 1.53 bits per heavy atom. The Morgan fingerprint density at radius 2 is 2.33 bits per heavy atom. The van der Waals surface area contributed by atoms with Gasteiger partial charge in [-0.2, -0.15) is 5.10 Å². The van der Waals surface area contributed by atoms with Crippen LogP contribution in [0, 0.1) is 13.8 Å². The summed E-state index contributed by atoms with van der Waals surface area (Å²) in [6.45, 7) is 3.42. The average Bonchev–Trinajstić information content (AvgIpc) is 2.77. The van der Waals surface area contributed by atoms with E-state index in [1.165, 1.54) is 0 Å². The molecule has 0 aliphatic carbocycles. The molecule has 0 saturated heterocycles. The van der Waals surface area contributed by atoms with Crippen LogP contribution >= 0.6 is 0 Å². The van der Waals surface area contributed by atoms with E-state index in [-0.39, 0.29) is 5.91 Å². The van der Waals surface area contributed by atoms with Crippen molar-refractivity contribution in [3.8, 4) is 0 Å². The molecule has 2 N–H and O–H groups in total. The van der Waals surface area contributed by atoms with Crippen LogP contribution in [0.25, 0.3) is 0 Å².